The van der Waals surface area contributed by atoms with E-state index < -0.39 is 5.24 Å². The Hall–Kier alpha value is -1.71. The minimum atomic E-state index is -0.405. The smallest absolute Gasteiger partial charge is 0.227 e. The fraction of sp³-hybridized carbons (Fsp3) is 0.188. The van der Waals surface area contributed by atoms with Crippen LogP contribution in [0.2, 0.25) is 5.02 Å². The van der Waals surface area contributed by atoms with Crippen molar-refractivity contribution in [3.63, 3.8) is 0 Å². The zero-order valence-electron chi connectivity index (χ0n) is 11.4. The number of hydrogen-bond donors (Lipinski definition) is 0. The quantitative estimate of drug-likeness (QED) is 0.708. The van der Waals surface area contributed by atoms with Crippen LogP contribution in [0.15, 0.2) is 48.5 Å². The SMILES string of the molecule is CC(COc1ccc(Oc2ccc(Cl)cc2)cc1)C(=O)Cl. The lowest BCUT2D eigenvalue weighted by Crippen LogP contribution is -2.14. The summed E-state index contributed by atoms with van der Waals surface area (Å²) in [6.07, 6.45) is 0. The van der Waals surface area contributed by atoms with Gasteiger partial charge in [-0.25, -0.2) is 0 Å². The van der Waals surface area contributed by atoms with Crippen LogP contribution in [-0.2, 0) is 4.79 Å². The van der Waals surface area contributed by atoms with Gasteiger partial charge in [-0.15, -0.1) is 0 Å². The monoisotopic (exact) mass is 324 g/mol. The lowest BCUT2D eigenvalue weighted by Gasteiger charge is -2.10. The summed E-state index contributed by atoms with van der Waals surface area (Å²) in [6.45, 7) is 1.97. The predicted octanol–water partition coefficient (Wildman–Crippen LogP) is 4.91. The first kappa shape index (κ1) is 15.7. The van der Waals surface area contributed by atoms with E-state index >= 15 is 0 Å². The van der Waals surface area contributed by atoms with Gasteiger partial charge in [-0.2, -0.15) is 0 Å². The molecule has 0 saturated heterocycles. The summed E-state index contributed by atoms with van der Waals surface area (Å²) in [7, 11) is 0. The van der Waals surface area contributed by atoms with Crippen LogP contribution in [0.3, 0.4) is 0 Å². The third-order valence-corrected chi connectivity index (χ3v) is 3.39. The van der Waals surface area contributed by atoms with Gasteiger partial charge in [-0.05, 0) is 60.1 Å². The van der Waals surface area contributed by atoms with Crippen molar-refractivity contribution >= 4 is 28.4 Å². The molecular weight excluding hydrogens is 311 g/mol. The minimum Gasteiger partial charge on any atom is -0.493 e. The number of carbonyl (C=O) groups is 1. The molecular formula is C16H14Cl2O3. The largest absolute Gasteiger partial charge is 0.493 e. The van der Waals surface area contributed by atoms with Gasteiger partial charge < -0.3 is 9.47 Å². The summed E-state index contributed by atoms with van der Waals surface area (Å²) < 4.78 is 11.1. The van der Waals surface area contributed by atoms with E-state index in [1.165, 1.54) is 0 Å². The summed E-state index contributed by atoms with van der Waals surface area (Å²) in [5, 5.41) is 0.256. The van der Waals surface area contributed by atoms with E-state index in [4.69, 9.17) is 32.7 Å². The van der Waals surface area contributed by atoms with Gasteiger partial charge in [-0.3, -0.25) is 4.79 Å². The van der Waals surface area contributed by atoms with Crippen molar-refractivity contribution in [1.29, 1.82) is 0 Å². The van der Waals surface area contributed by atoms with Crippen LogP contribution < -0.4 is 9.47 Å². The fourth-order valence-corrected chi connectivity index (χ4v) is 1.72. The molecule has 0 aliphatic rings. The van der Waals surface area contributed by atoms with E-state index in [0.29, 0.717) is 22.3 Å². The molecule has 0 fully saturated rings. The Balaban J connectivity index is 1.92. The summed E-state index contributed by atoms with van der Waals surface area (Å²) >= 11 is 11.2. The number of ether oxygens (including phenoxy) is 2. The third kappa shape index (κ3) is 4.96. The Bertz CT molecular complexity index is 594. The molecule has 5 heteroatoms. The lowest BCUT2D eigenvalue weighted by molar-refractivity contribution is -0.115. The van der Waals surface area contributed by atoms with Crippen LogP contribution in [0.4, 0.5) is 0 Å². The fourth-order valence-electron chi connectivity index (χ4n) is 1.53. The van der Waals surface area contributed by atoms with Crippen molar-refractivity contribution in [2.75, 3.05) is 6.61 Å². The van der Waals surface area contributed by atoms with Crippen molar-refractivity contribution in [2.45, 2.75) is 6.92 Å². The van der Waals surface area contributed by atoms with Gasteiger partial charge in [0.2, 0.25) is 5.24 Å². The molecule has 2 aromatic rings. The van der Waals surface area contributed by atoms with Crippen LogP contribution in [-0.4, -0.2) is 11.8 Å². The first-order chi connectivity index (χ1) is 10.0. The van der Waals surface area contributed by atoms with E-state index in [9.17, 15) is 4.79 Å². The first-order valence-corrected chi connectivity index (χ1v) is 7.16. The summed E-state index contributed by atoms with van der Waals surface area (Å²) in [5.74, 6) is 1.71. The topological polar surface area (TPSA) is 35.5 Å². The van der Waals surface area contributed by atoms with Gasteiger partial charge in [0, 0.05) is 5.02 Å². The maximum Gasteiger partial charge on any atom is 0.227 e. The molecule has 1 atom stereocenters. The molecule has 0 radical (unpaired) electrons. The highest BCUT2D eigenvalue weighted by atomic mass is 35.5. The van der Waals surface area contributed by atoms with Crippen molar-refractivity contribution in [3.8, 4) is 17.2 Å². The van der Waals surface area contributed by atoms with Crippen LogP contribution >= 0.6 is 23.2 Å². The Morgan fingerprint density at radius 3 is 2.00 bits per heavy atom. The molecule has 21 heavy (non-hydrogen) atoms. The average Bonchev–Trinajstić information content (AvgIpc) is 2.48. The Morgan fingerprint density at radius 1 is 1.00 bits per heavy atom. The van der Waals surface area contributed by atoms with E-state index in [-0.39, 0.29) is 12.5 Å². The highest BCUT2D eigenvalue weighted by Gasteiger charge is 2.10. The van der Waals surface area contributed by atoms with Crippen molar-refractivity contribution < 1.29 is 14.3 Å². The molecule has 110 valence electrons. The minimum absolute atomic E-state index is 0.250. The second-order valence-corrected chi connectivity index (χ2v) is 5.35. The molecule has 1 unspecified atom stereocenters. The zero-order chi connectivity index (χ0) is 15.2. The standard InChI is InChI=1S/C16H14Cl2O3/c1-11(16(18)19)10-20-13-6-8-15(9-7-13)21-14-4-2-12(17)3-5-14/h2-9,11H,10H2,1H3. The van der Waals surface area contributed by atoms with Gasteiger partial charge in [0.25, 0.3) is 0 Å². The van der Waals surface area contributed by atoms with Crippen LogP contribution in [0.1, 0.15) is 6.92 Å². The Kier molecular flexibility index (Phi) is 5.48. The predicted molar refractivity (Wildman–Crippen MR) is 83.5 cm³/mol. The maximum absolute atomic E-state index is 10.9. The highest BCUT2D eigenvalue weighted by molar-refractivity contribution is 6.63. The third-order valence-electron chi connectivity index (χ3n) is 2.76. The second-order valence-electron chi connectivity index (χ2n) is 4.54. The zero-order valence-corrected chi connectivity index (χ0v) is 12.9. The summed E-state index contributed by atoms with van der Waals surface area (Å²) in [5.41, 5.74) is 0. The Morgan fingerprint density at radius 2 is 1.48 bits per heavy atom. The van der Waals surface area contributed by atoms with Gasteiger partial charge >= 0.3 is 0 Å². The van der Waals surface area contributed by atoms with Crippen molar-refractivity contribution in [1.82, 2.24) is 0 Å². The lowest BCUT2D eigenvalue weighted by atomic mass is 10.2. The molecule has 2 rings (SSSR count). The summed E-state index contributed by atoms with van der Waals surface area (Å²) in [4.78, 5) is 10.9. The average molecular weight is 325 g/mol. The van der Waals surface area contributed by atoms with E-state index in [1.807, 2.05) is 0 Å². The molecule has 0 amide bonds. The van der Waals surface area contributed by atoms with Crippen LogP contribution in [0.5, 0.6) is 17.2 Å². The molecule has 3 nitrogen and oxygen atoms in total. The molecule has 0 spiro atoms. The first-order valence-electron chi connectivity index (χ1n) is 6.40. The van der Waals surface area contributed by atoms with Crippen LogP contribution in [0, 0.1) is 5.92 Å². The molecule has 0 bridgehead atoms. The van der Waals surface area contributed by atoms with Crippen molar-refractivity contribution in [2.24, 2.45) is 5.92 Å². The number of hydrogen-bond acceptors (Lipinski definition) is 3. The normalized spacial score (nSPS) is 11.8. The number of halogens is 2. The van der Waals surface area contributed by atoms with E-state index in [1.54, 1.807) is 55.5 Å². The molecule has 0 heterocycles. The molecule has 0 aliphatic heterocycles. The van der Waals surface area contributed by atoms with Crippen molar-refractivity contribution in [3.05, 3.63) is 53.6 Å². The number of benzene rings is 2. The summed E-state index contributed by atoms with van der Waals surface area (Å²) in [6, 6.07) is 14.2. The highest BCUT2D eigenvalue weighted by Crippen LogP contribution is 2.25. The molecule has 0 N–H and O–H groups in total. The van der Waals surface area contributed by atoms with Crippen LogP contribution in [0.25, 0.3) is 0 Å². The second kappa shape index (κ2) is 7.34. The number of carbonyl (C=O) groups excluding carboxylic acids is 1. The molecule has 0 aromatic heterocycles. The Labute approximate surface area is 133 Å². The van der Waals surface area contributed by atoms with E-state index in [2.05, 4.69) is 0 Å². The van der Waals surface area contributed by atoms with Gasteiger partial charge in [0.1, 0.15) is 17.2 Å². The van der Waals surface area contributed by atoms with Gasteiger partial charge in [0.05, 0.1) is 12.5 Å². The molecule has 0 aliphatic carbocycles. The molecule has 2 aromatic carbocycles. The van der Waals surface area contributed by atoms with Gasteiger partial charge in [0.15, 0.2) is 0 Å². The number of rotatable bonds is 6. The van der Waals surface area contributed by atoms with Gasteiger partial charge in [-0.1, -0.05) is 18.5 Å². The molecule has 0 saturated carbocycles. The maximum atomic E-state index is 10.9. The van der Waals surface area contributed by atoms with E-state index in [0.717, 1.165) is 0 Å².